The van der Waals surface area contributed by atoms with Crippen LogP contribution in [0.5, 0.6) is 0 Å². The third-order valence-corrected chi connectivity index (χ3v) is 4.83. The van der Waals surface area contributed by atoms with Gasteiger partial charge in [0.2, 0.25) is 0 Å². The monoisotopic (exact) mass is 219 g/mol. The Morgan fingerprint density at radius 3 is 2.47 bits per heavy atom. The van der Waals surface area contributed by atoms with Gasteiger partial charge in [0, 0.05) is 0 Å². The predicted octanol–water partition coefficient (Wildman–Crippen LogP) is 1.98. The van der Waals surface area contributed by atoms with Crippen LogP contribution in [0.3, 0.4) is 0 Å². The van der Waals surface area contributed by atoms with Crippen LogP contribution in [0.2, 0.25) is 0 Å². The second kappa shape index (κ2) is 6.59. The van der Waals surface area contributed by atoms with E-state index in [1.807, 2.05) is 0 Å². The molecule has 0 saturated heterocycles. The molecule has 0 aromatic heterocycles. The van der Waals surface area contributed by atoms with Gasteiger partial charge >= 0.3 is 0 Å². The van der Waals surface area contributed by atoms with Gasteiger partial charge in [0.25, 0.3) is 0 Å². The molecule has 0 amide bonds. The number of hydrogen-bond acceptors (Lipinski definition) is 1. The van der Waals surface area contributed by atoms with E-state index in [4.69, 9.17) is 0 Å². The Kier molecular flexibility index (Phi) is 5.36. The molecule has 1 N–H and O–H groups in total. The number of nitrogens with one attached hydrogen (secondary N) is 1. The maximum atomic E-state index is 3.61. The molecule has 1 aromatic rings. The van der Waals surface area contributed by atoms with Crippen LogP contribution in [0.15, 0.2) is 42.1 Å². The van der Waals surface area contributed by atoms with Crippen LogP contribution in [0, 0.1) is 5.92 Å². The molecule has 0 aliphatic heterocycles. The van der Waals surface area contributed by atoms with Gasteiger partial charge in [0.1, 0.15) is 0 Å². The van der Waals surface area contributed by atoms with E-state index in [2.05, 4.69) is 67.9 Å². The summed E-state index contributed by atoms with van der Waals surface area (Å²) in [5, 5.41) is 1.47. The number of benzene rings is 1. The third-order valence-electron chi connectivity index (χ3n) is 2.27. The minimum absolute atomic E-state index is 0.641. The molecule has 1 atom stereocenters. The summed E-state index contributed by atoms with van der Waals surface area (Å²) in [6, 6.07) is 10.8. The van der Waals surface area contributed by atoms with Crippen LogP contribution in [0.4, 0.5) is 0 Å². The maximum absolute atomic E-state index is 3.61. The van der Waals surface area contributed by atoms with Crippen molar-refractivity contribution >= 4 is 14.1 Å². The van der Waals surface area contributed by atoms with Gasteiger partial charge in [-0.2, -0.15) is 0 Å². The van der Waals surface area contributed by atoms with Crippen molar-refractivity contribution in [2.45, 2.75) is 20.8 Å². The lowest BCUT2D eigenvalue weighted by atomic mass is 10.2. The average Bonchev–Trinajstić information content (AvgIpc) is 2.25. The fourth-order valence-corrected chi connectivity index (χ4v) is 3.85. The van der Waals surface area contributed by atoms with Crippen LogP contribution in [0.1, 0.15) is 20.8 Å². The Labute approximate surface area is 94.9 Å². The zero-order valence-electron chi connectivity index (χ0n) is 9.90. The van der Waals surface area contributed by atoms with Crippen LogP contribution in [-0.2, 0) is 0 Å². The highest BCUT2D eigenvalue weighted by molar-refractivity contribution is 6.75. The summed E-state index contributed by atoms with van der Waals surface area (Å²) >= 11 is 0. The van der Waals surface area contributed by atoms with Crippen molar-refractivity contribution < 1.29 is 0 Å². The van der Waals surface area contributed by atoms with Crippen molar-refractivity contribution in [1.29, 1.82) is 0 Å². The summed E-state index contributed by atoms with van der Waals surface area (Å²) in [4.78, 5) is 3.61. The van der Waals surface area contributed by atoms with Crippen molar-refractivity contribution in [3.63, 3.8) is 0 Å². The summed E-state index contributed by atoms with van der Waals surface area (Å²) in [5.41, 5.74) is 2.39. The molecule has 0 fully saturated rings. The van der Waals surface area contributed by atoms with Crippen molar-refractivity contribution in [3.05, 3.63) is 42.1 Å². The largest absolute Gasteiger partial charge is 0.333 e. The highest BCUT2D eigenvalue weighted by Gasteiger charge is 2.07. The maximum Gasteiger partial charge on any atom is 0.165 e. The van der Waals surface area contributed by atoms with Gasteiger partial charge in [-0.15, -0.1) is 0 Å². The molecule has 1 aromatic carbocycles. The molecule has 82 valence electrons. The fraction of sp³-hybridized carbons (Fsp3) is 0.385. The quantitative estimate of drug-likeness (QED) is 0.747. The van der Waals surface area contributed by atoms with E-state index in [-0.39, 0.29) is 0 Å². The molecule has 1 nitrogen and oxygen atoms in total. The highest BCUT2D eigenvalue weighted by atomic mass is 28.3. The predicted molar refractivity (Wildman–Crippen MR) is 70.9 cm³/mol. The van der Waals surface area contributed by atoms with Gasteiger partial charge in [-0.3, -0.25) is 0 Å². The smallest absolute Gasteiger partial charge is 0.165 e. The average molecular weight is 219 g/mol. The van der Waals surface area contributed by atoms with Gasteiger partial charge in [0.05, 0.1) is 0 Å². The first-order valence-corrected chi connectivity index (χ1v) is 7.52. The van der Waals surface area contributed by atoms with Crippen LogP contribution < -0.4 is 10.2 Å². The Bertz CT molecular complexity index is 293. The van der Waals surface area contributed by atoms with E-state index in [0.29, 0.717) is 5.92 Å². The standard InChI is InChI=1S/C13H21NSi/c1-4-14-15(11-10-12(2)3)13-8-6-5-7-9-13/h5-12,14-15H,4H2,1-3H3. The lowest BCUT2D eigenvalue weighted by Crippen LogP contribution is -2.43. The first kappa shape index (κ1) is 12.2. The molecule has 0 saturated carbocycles. The SMILES string of the molecule is CCN[SiH](C=CC(C)C)c1ccccc1. The first-order chi connectivity index (χ1) is 7.24. The molecule has 2 heteroatoms. The molecule has 0 aliphatic rings. The summed E-state index contributed by atoms with van der Waals surface area (Å²) in [7, 11) is -1.08. The van der Waals surface area contributed by atoms with E-state index in [1.165, 1.54) is 5.19 Å². The number of allylic oxidation sites excluding steroid dienone is 1. The van der Waals surface area contributed by atoms with Gasteiger partial charge < -0.3 is 4.98 Å². The normalized spacial score (nSPS) is 13.6. The second-order valence-electron chi connectivity index (χ2n) is 4.07. The Morgan fingerprint density at radius 1 is 1.27 bits per heavy atom. The Morgan fingerprint density at radius 2 is 1.93 bits per heavy atom. The van der Waals surface area contributed by atoms with E-state index in [0.717, 1.165) is 6.54 Å². The van der Waals surface area contributed by atoms with Crippen LogP contribution in [-0.4, -0.2) is 15.5 Å². The minimum atomic E-state index is -1.08. The van der Waals surface area contributed by atoms with Crippen LogP contribution in [0.25, 0.3) is 0 Å². The number of rotatable bonds is 5. The van der Waals surface area contributed by atoms with E-state index in [1.54, 1.807) is 0 Å². The minimum Gasteiger partial charge on any atom is -0.333 e. The molecular formula is C13H21NSi. The molecule has 1 rings (SSSR count). The zero-order valence-corrected chi connectivity index (χ0v) is 11.1. The summed E-state index contributed by atoms with van der Waals surface area (Å²) in [5.74, 6) is 0.641. The van der Waals surface area contributed by atoms with Crippen molar-refractivity contribution in [2.75, 3.05) is 6.54 Å². The van der Waals surface area contributed by atoms with Gasteiger partial charge in [-0.25, -0.2) is 0 Å². The lowest BCUT2D eigenvalue weighted by molar-refractivity contribution is 0.832. The van der Waals surface area contributed by atoms with Gasteiger partial charge in [-0.1, -0.05) is 62.9 Å². The van der Waals surface area contributed by atoms with Gasteiger partial charge in [0.15, 0.2) is 8.96 Å². The van der Waals surface area contributed by atoms with Crippen LogP contribution >= 0.6 is 0 Å². The zero-order chi connectivity index (χ0) is 11.1. The summed E-state index contributed by atoms with van der Waals surface area (Å²) < 4.78 is 0. The summed E-state index contributed by atoms with van der Waals surface area (Å²) in [6.07, 6.45) is 2.31. The Balaban J connectivity index is 2.74. The molecule has 0 radical (unpaired) electrons. The third kappa shape index (κ3) is 4.45. The fourth-order valence-electron chi connectivity index (χ4n) is 1.51. The summed E-state index contributed by atoms with van der Waals surface area (Å²) in [6.45, 7) is 7.66. The Hall–Kier alpha value is -0.863. The molecule has 0 aliphatic carbocycles. The molecule has 1 unspecified atom stereocenters. The molecular weight excluding hydrogens is 198 g/mol. The van der Waals surface area contributed by atoms with Gasteiger partial charge in [-0.05, 0) is 17.6 Å². The van der Waals surface area contributed by atoms with E-state index < -0.39 is 8.96 Å². The van der Waals surface area contributed by atoms with E-state index in [9.17, 15) is 0 Å². The van der Waals surface area contributed by atoms with E-state index >= 15 is 0 Å². The second-order valence-corrected chi connectivity index (χ2v) is 6.49. The lowest BCUT2D eigenvalue weighted by Gasteiger charge is -2.12. The molecule has 0 bridgehead atoms. The number of hydrogen-bond donors (Lipinski definition) is 1. The first-order valence-electron chi connectivity index (χ1n) is 5.70. The van der Waals surface area contributed by atoms with Crippen molar-refractivity contribution in [1.82, 2.24) is 4.98 Å². The highest BCUT2D eigenvalue weighted by Crippen LogP contribution is 1.95. The topological polar surface area (TPSA) is 12.0 Å². The molecule has 15 heavy (non-hydrogen) atoms. The molecule has 0 heterocycles. The van der Waals surface area contributed by atoms with Crippen molar-refractivity contribution in [2.24, 2.45) is 5.92 Å². The van der Waals surface area contributed by atoms with Crippen molar-refractivity contribution in [3.8, 4) is 0 Å². The molecule has 0 spiro atoms.